The third kappa shape index (κ3) is 9.70. The van der Waals surface area contributed by atoms with Crippen LogP contribution in [0.4, 0.5) is 51.2 Å². The van der Waals surface area contributed by atoms with E-state index in [9.17, 15) is 0 Å². The highest BCUT2D eigenvalue weighted by atomic mass is 32.1. The molecule has 0 fully saturated rings. The van der Waals surface area contributed by atoms with Crippen LogP contribution in [-0.4, -0.2) is 0 Å². The maximum atomic E-state index is 6.42. The average molecular weight is 1290 g/mol. The molecule has 2 aromatic heterocycles. The van der Waals surface area contributed by atoms with Crippen LogP contribution >= 0.6 is 11.3 Å². The Labute approximate surface area is 580 Å². The summed E-state index contributed by atoms with van der Waals surface area (Å²) in [7, 11) is 0. The molecule has 1 atom stereocenters. The van der Waals surface area contributed by atoms with E-state index in [1.165, 1.54) is 97.7 Å². The van der Waals surface area contributed by atoms with Gasteiger partial charge in [-0.15, -0.1) is 11.3 Å². The van der Waals surface area contributed by atoms with Crippen LogP contribution in [0.2, 0.25) is 0 Å². The van der Waals surface area contributed by atoms with Gasteiger partial charge in [0.15, 0.2) is 0 Å². The van der Waals surface area contributed by atoms with Crippen LogP contribution in [0.15, 0.2) is 344 Å². The lowest BCUT2D eigenvalue weighted by atomic mass is 9.75. The largest absolute Gasteiger partial charge is 0.456 e. The molecule has 15 aromatic carbocycles. The van der Waals surface area contributed by atoms with Crippen LogP contribution in [0.25, 0.3) is 97.4 Å². The third-order valence-electron chi connectivity index (χ3n) is 21.3. The number of fused-ring (bicyclic) bond motifs is 13. The normalized spacial score (nSPS) is 14.2. The zero-order valence-electron chi connectivity index (χ0n) is 55.2. The third-order valence-corrected chi connectivity index (χ3v) is 22.4. The Morgan fingerprint density at radius 2 is 0.798 bits per heavy atom. The number of anilines is 9. The van der Waals surface area contributed by atoms with Gasteiger partial charge in [0.1, 0.15) is 11.2 Å². The first-order valence-electron chi connectivity index (χ1n) is 34.3. The molecule has 2 aliphatic carbocycles. The van der Waals surface area contributed by atoms with E-state index in [4.69, 9.17) is 4.42 Å². The molecule has 2 heterocycles. The van der Waals surface area contributed by atoms with Gasteiger partial charge in [0.05, 0.1) is 5.69 Å². The van der Waals surface area contributed by atoms with Crippen molar-refractivity contribution in [3.05, 3.63) is 368 Å². The highest BCUT2D eigenvalue weighted by molar-refractivity contribution is 7.26. The molecule has 0 saturated carbocycles. The maximum Gasteiger partial charge on any atom is 0.135 e. The number of hydrogen-bond donors (Lipinski definition) is 0. The highest BCUT2D eigenvalue weighted by Crippen LogP contribution is 2.56. The van der Waals surface area contributed by atoms with Crippen molar-refractivity contribution in [1.82, 2.24) is 0 Å². The minimum absolute atomic E-state index is 0.149. The maximum absolute atomic E-state index is 6.42. The number of thiophene rings is 1. The van der Waals surface area contributed by atoms with Crippen molar-refractivity contribution in [3.8, 4) is 44.5 Å². The van der Waals surface area contributed by atoms with Gasteiger partial charge in [0, 0.05) is 87.3 Å². The molecule has 0 N–H and O–H groups in total. The number of benzene rings is 15. The standard InChI is InChI=1S/C94H67N3OS/c1-93(2)83-30-17-15-28-76(83)77-50-46-75(59-85(77)93)96(71-42-38-64(39-43-71)62-20-7-4-8-21-62)72-47-51-84-80(56-72)79-54-66-22-13-14-23-67(66)55-86(79)94(84,3)60-61-34-36-63(37-35-61)65-40-44-70(45-41-65)95(73-48-52-89-81(57-73)78-29-16-18-32-88(78)98-89)74-49-53-90-82(58-74)92-87(31-19-33-91(92)99-90)97(68-24-9-5-10-25-68)69-26-11-6-12-27-69/h4-59H,60H2,1-3H3. The van der Waals surface area contributed by atoms with E-state index in [-0.39, 0.29) is 10.8 Å². The van der Waals surface area contributed by atoms with Crippen molar-refractivity contribution in [2.24, 2.45) is 0 Å². The van der Waals surface area contributed by atoms with Gasteiger partial charge >= 0.3 is 0 Å². The van der Waals surface area contributed by atoms with E-state index in [1.54, 1.807) is 0 Å². The Hall–Kier alpha value is -12.0. The number of para-hydroxylation sites is 3. The summed E-state index contributed by atoms with van der Waals surface area (Å²) in [6.45, 7) is 7.22. The predicted molar refractivity (Wildman–Crippen MR) is 419 cm³/mol. The van der Waals surface area contributed by atoms with Gasteiger partial charge in [0.2, 0.25) is 0 Å². The molecule has 19 rings (SSSR count). The Morgan fingerprint density at radius 1 is 0.293 bits per heavy atom. The Bertz CT molecular complexity index is 5960. The second kappa shape index (κ2) is 23.1. The quantitative estimate of drug-likeness (QED) is 0.115. The van der Waals surface area contributed by atoms with Gasteiger partial charge in [-0.25, -0.2) is 0 Å². The first-order valence-corrected chi connectivity index (χ1v) is 35.1. The molecule has 17 aromatic rings. The lowest BCUT2D eigenvalue weighted by molar-refractivity contribution is 0.583. The van der Waals surface area contributed by atoms with Crippen LogP contribution in [0.1, 0.15) is 48.6 Å². The van der Waals surface area contributed by atoms with E-state index >= 15 is 0 Å². The summed E-state index contributed by atoms with van der Waals surface area (Å²) in [5.74, 6) is 0. The van der Waals surface area contributed by atoms with Gasteiger partial charge in [-0.1, -0.05) is 221 Å². The van der Waals surface area contributed by atoms with Crippen molar-refractivity contribution in [2.45, 2.75) is 38.0 Å². The van der Waals surface area contributed by atoms with Crippen molar-refractivity contribution in [2.75, 3.05) is 14.7 Å². The zero-order valence-corrected chi connectivity index (χ0v) is 56.0. The van der Waals surface area contributed by atoms with Gasteiger partial charge in [-0.05, 0) is 229 Å². The van der Waals surface area contributed by atoms with Crippen molar-refractivity contribution < 1.29 is 4.42 Å². The summed E-state index contributed by atoms with van der Waals surface area (Å²) in [6, 6.07) is 126. The molecule has 0 bridgehead atoms. The van der Waals surface area contributed by atoms with E-state index in [0.717, 1.165) is 85.1 Å². The molecule has 99 heavy (non-hydrogen) atoms. The van der Waals surface area contributed by atoms with Gasteiger partial charge in [-0.3, -0.25) is 0 Å². The lowest BCUT2D eigenvalue weighted by Gasteiger charge is -2.30. The topological polar surface area (TPSA) is 22.9 Å². The Balaban J connectivity index is 0.679. The summed E-state index contributed by atoms with van der Waals surface area (Å²) < 4.78 is 8.90. The molecule has 470 valence electrons. The fourth-order valence-electron chi connectivity index (χ4n) is 16.4. The number of rotatable bonds is 13. The van der Waals surface area contributed by atoms with E-state index < -0.39 is 0 Å². The van der Waals surface area contributed by atoms with E-state index in [1.807, 2.05) is 17.4 Å². The smallest absolute Gasteiger partial charge is 0.135 e. The molecule has 0 saturated heterocycles. The fraction of sp³-hybridized carbons (Fsp3) is 0.0638. The first-order chi connectivity index (χ1) is 48.7. The molecule has 5 heteroatoms. The number of hydrogen-bond acceptors (Lipinski definition) is 5. The second-order valence-corrected chi connectivity index (χ2v) is 28.5. The predicted octanol–water partition coefficient (Wildman–Crippen LogP) is 26.7. The summed E-state index contributed by atoms with van der Waals surface area (Å²) in [5.41, 5.74) is 27.9. The minimum Gasteiger partial charge on any atom is -0.456 e. The Kier molecular flexibility index (Phi) is 13.6. The molecule has 0 spiro atoms. The summed E-state index contributed by atoms with van der Waals surface area (Å²) >= 11 is 1.84. The monoisotopic (exact) mass is 1290 g/mol. The van der Waals surface area contributed by atoms with E-state index in [2.05, 4.69) is 369 Å². The van der Waals surface area contributed by atoms with Crippen molar-refractivity contribution in [1.29, 1.82) is 0 Å². The SMILES string of the molecule is CC1(C)c2ccccc2-c2ccc(N(c3ccc(-c4ccccc4)cc3)c3ccc4c(c3)-c3cc5ccccc5cc3C4(C)Cc3ccc(-c4ccc(N(c5ccc6oc7ccccc7c6c5)c5ccc6sc7cccc(N(c8ccccc8)c8ccccc8)c7c6c5)cc4)cc3)cc21. The summed E-state index contributed by atoms with van der Waals surface area (Å²) in [4.78, 5) is 7.27. The molecule has 0 amide bonds. The average Bonchev–Trinajstić information content (AvgIpc) is 1.54. The minimum atomic E-state index is -0.319. The van der Waals surface area contributed by atoms with Crippen LogP contribution < -0.4 is 14.7 Å². The molecule has 0 aliphatic heterocycles. The molecular weight excluding hydrogens is 1220 g/mol. The second-order valence-electron chi connectivity index (χ2n) is 27.4. The van der Waals surface area contributed by atoms with Gasteiger partial charge in [0.25, 0.3) is 0 Å². The first kappa shape index (κ1) is 58.3. The van der Waals surface area contributed by atoms with Crippen molar-refractivity contribution in [3.63, 3.8) is 0 Å². The molecule has 0 radical (unpaired) electrons. The Morgan fingerprint density at radius 3 is 1.51 bits per heavy atom. The van der Waals surface area contributed by atoms with Crippen molar-refractivity contribution >= 4 is 115 Å². The summed E-state index contributed by atoms with van der Waals surface area (Å²) in [6.07, 6.45) is 0.835. The fourth-order valence-corrected chi connectivity index (χ4v) is 17.5. The van der Waals surface area contributed by atoms with Crippen LogP contribution in [0.3, 0.4) is 0 Å². The van der Waals surface area contributed by atoms with Gasteiger partial charge < -0.3 is 19.1 Å². The lowest BCUT2D eigenvalue weighted by Crippen LogP contribution is -2.24. The number of nitrogens with zero attached hydrogens (tertiary/aromatic N) is 3. The van der Waals surface area contributed by atoms with Crippen LogP contribution in [0, 0.1) is 0 Å². The molecule has 1 unspecified atom stereocenters. The molecular formula is C94H67N3OS. The van der Waals surface area contributed by atoms with Crippen LogP contribution in [0.5, 0.6) is 0 Å². The molecule has 2 aliphatic rings. The summed E-state index contributed by atoms with van der Waals surface area (Å²) in [5, 5.41) is 7.13. The number of furan rings is 1. The zero-order chi connectivity index (χ0) is 65.9. The van der Waals surface area contributed by atoms with Gasteiger partial charge in [-0.2, -0.15) is 0 Å². The van der Waals surface area contributed by atoms with E-state index in [0.29, 0.717) is 0 Å². The van der Waals surface area contributed by atoms with Crippen LogP contribution in [-0.2, 0) is 17.3 Å². The highest BCUT2D eigenvalue weighted by Gasteiger charge is 2.41. The molecule has 4 nitrogen and oxygen atoms in total.